The number of aromatic nitrogens is 2. The van der Waals surface area contributed by atoms with E-state index in [1.165, 1.54) is 0 Å². The number of nitrogens with one attached hydrogen (secondary N) is 3. The number of carbonyl (C=O) groups is 1. The summed E-state index contributed by atoms with van der Waals surface area (Å²) in [4.78, 5) is 22.1. The van der Waals surface area contributed by atoms with E-state index in [9.17, 15) is 13.2 Å². The van der Waals surface area contributed by atoms with Crippen molar-refractivity contribution in [3.63, 3.8) is 0 Å². The van der Waals surface area contributed by atoms with Gasteiger partial charge in [0.1, 0.15) is 0 Å². The highest BCUT2D eigenvalue weighted by molar-refractivity contribution is 7.92. The molecule has 1 amide bonds. The molecule has 8 nitrogen and oxygen atoms in total. The lowest BCUT2D eigenvalue weighted by atomic mass is 10.0. The predicted molar refractivity (Wildman–Crippen MR) is 147 cm³/mol. The average molecular weight is 516 g/mol. The Morgan fingerprint density at radius 1 is 0.865 bits per heavy atom. The average Bonchev–Trinajstić information content (AvgIpc) is 2.86. The van der Waals surface area contributed by atoms with Gasteiger partial charge >= 0.3 is 0 Å². The Balaban J connectivity index is 1.62. The lowest BCUT2D eigenvalue weighted by Gasteiger charge is -2.19. The van der Waals surface area contributed by atoms with Crippen LogP contribution < -0.4 is 15.4 Å². The van der Waals surface area contributed by atoms with Gasteiger partial charge in [0.25, 0.3) is 0 Å². The summed E-state index contributed by atoms with van der Waals surface area (Å²) in [5, 5.41) is 6.29. The predicted octanol–water partition coefficient (Wildman–Crippen LogP) is 4.16. The van der Waals surface area contributed by atoms with Crippen LogP contribution in [0.4, 0.5) is 11.4 Å². The van der Waals surface area contributed by atoms with Crippen LogP contribution in [0.5, 0.6) is 0 Å². The smallest absolute Gasteiger partial charge is 0.241 e. The molecule has 2 aromatic heterocycles. The van der Waals surface area contributed by atoms with E-state index in [0.29, 0.717) is 24.3 Å². The molecule has 0 aliphatic heterocycles. The fraction of sp³-hybridized carbons (Fsp3) is 0.179. The summed E-state index contributed by atoms with van der Waals surface area (Å²) in [6, 6.07) is 23.7. The van der Waals surface area contributed by atoms with Crippen LogP contribution in [0.25, 0.3) is 11.1 Å². The third-order valence-electron chi connectivity index (χ3n) is 5.59. The fourth-order valence-electron chi connectivity index (χ4n) is 3.93. The van der Waals surface area contributed by atoms with Gasteiger partial charge in [0.05, 0.1) is 23.7 Å². The maximum atomic E-state index is 13.5. The van der Waals surface area contributed by atoms with Crippen LogP contribution in [0.15, 0.2) is 91.3 Å². The highest BCUT2D eigenvalue weighted by Gasteiger charge is 2.20. The van der Waals surface area contributed by atoms with Crippen molar-refractivity contribution >= 4 is 27.3 Å². The van der Waals surface area contributed by atoms with Crippen molar-refractivity contribution < 1.29 is 13.2 Å². The Morgan fingerprint density at radius 2 is 1.62 bits per heavy atom. The molecule has 0 saturated carbocycles. The quantitative estimate of drug-likeness (QED) is 0.292. The second-order valence-electron chi connectivity index (χ2n) is 8.79. The number of aryl methyl sites for hydroxylation is 1. The molecule has 0 aliphatic rings. The number of hydrogen-bond donors (Lipinski definition) is 3. The number of sulfonamides is 1. The minimum absolute atomic E-state index is 0.242. The molecule has 190 valence electrons. The summed E-state index contributed by atoms with van der Waals surface area (Å²) in [5.41, 5.74) is 5.09. The summed E-state index contributed by atoms with van der Waals surface area (Å²) in [6.07, 6.45) is 4.96. The second-order valence-corrected chi connectivity index (χ2v) is 10.5. The zero-order valence-corrected chi connectivity index (χ0v) is 21.5. The van der Waals surface area contributed by atoms with E-state index < -0.39 is 16.1 Å². The summed E-state index contributed by atoms with van der Waals surface area (Å²) in [5.74, 6) is -0.242. The van der Waals surface area contributed by atoms with Gasteiger partial charge < -0.3 is 5.32 Å². The van der Waals surface area contributed by atoms with Crippen LogP contribution in [0, 0.1) is 6.92 Å². The maximum Gasteiger partial charge on any atom is 0.241 e. The number of anilines is 2. The van der Waals surface area contributed by atoms with Gasteiger partial charge in [0.2, 0.25) is 15.9 Å². The topological polar surface area (TPSA) is 113 Å². The van der Waals surface area contributed by atoms with Gasteiger partial charge in [-0.15, -0.1) is 0 Å². The number of hydrogen-bond acceptors (Lipinski definition) is 6. The van der Waals surface area contributed by atoms with Gasteiger partial charge in [0, 0.05) is 30.3 Å². The molecule has 37 heavy (non-hydrogen) atoms. The van der Waals surface area contributed by atoms with Crippen molar-refractivity contribution in [3.8, 4) is 11.1 Å². The molecule has 4 aromatic rings. The molecule has 2 aromatic carbocycles. The highest BCUT2D eigenvalue weighted by Crippen LogP contribution is 2.28. The Morgan fingerprint density at radius 3 is 2.32 bits per heavy atom. The molecular weight excluding hydrogens is 486 g/mol. The fourth-order valence-corrected chi connectivity index (χ4v) is 4.48. The number of benzene rings is 2. The minimum Gasteiger partial charge on any atom is -0.325 e. The summed E-state index contributed by atoms with van der Waals surface area (Å²) in [6.45, 7) is 2.30. The monoisotopic (exact) mass is 515 g/mol. The lowest BCUT2D eigenvalue weighted by molar-refractivity contribution is -0.118. The lowest BCUT2D eigenvalue weighted by Crippen LogP contribution is -2.42. The van der Waals surface area contributed by atoms with Crippen LogP contribution in [0.1, 0.15) is 17.0 Å². The highest BCUT2D eigenvalue weighted by atomic mass is 32.2. The first kappa shape index (κ1) is 26.0. The number of rotatable bonds is 10. The second kappa shape index (κ2) is 11.8. The van der Waals surface area contributed by atoms with Crippen molar-refractivity contribution in [2.75, 3.05) is 16.3 Å². The summed E-state index contributed by atoms with van der Waals surface area (Å²) < 4.78 is 26.4. The molecule has 0 bridgehead atoms. The Kier molecular flexibility index (Phi) is 8.27. The van der Waals surface area contributed by atoms with E-state index >= 15 is 0 Å². The summed E-state index contributed by atoms with van der Waals surface area (Å²) in [7, 11) is -3.52. The number of pyridine rings is 2. The Labute approximate surface area is 217 Å². The molecule has 0 radical (unpaired) electrons. The maximum absolute atomic E-state index is 13.5. The number of nitrogens with zero attached hydrogens (tertiary/aromatic N) is 2. The third kappa shape index (κ3) is 7.96. The first-order valence-corrected chi connectivity index (χ1v) is 13.7. The standard InChI is InChI=1S/C28H29N5O3S/c1-20-14-22(11-13-29-20)23-16-25(18-26(17-23)33-37(2,35)36)32-28(34)27(15-21-8-4-3-5-9-21)31-19-24-10-6-7-12-30-24/h3-14,16-18,27,31,33H,15,19H2,1-2H3,(H,32,34). The van der Waals surface area contributed by atoms with Crippen LogP contribution >= 0.6 is 0 Å². The molecule has 9 heteroatoms. The molecule has 0 saturated heterocycles. The molecule has 0 spiro atoms. The van der Waals surface area contributed by atoms with Crippen molar-refractivity contribution in [3.05, 3.63) is 108 Å². The minimum atomic E-state index is -3.52. The van der Waals surface area contributed by atoms with Gasteiger partial charge in [-0.1, -0.05) is 36.4 Å². The number of carbonyl (C=O) groups excluding carboxylic acids is 1. The van der Waals surface area contributed by atoms with Crippen LogP contribution in [-0.2, 0) is 27.8 Å². The van der Waals surface area contributed by atoms with Gasteiger partial charge in [-0.05, 0) is 72.5 Å². The molecule has 2 heterocycles. The number of amides is 1. The van der Waals surface area contributed by atoms with E-state index in [1.807, 2.05) is 73.7 Å². The van der Waals surface area contributed by atoms with Gasteiger partial charge in [-0.25, -0.2) is 8.42 Å². The first-order valence-electron chi connectivity index (χ1n) is 11.8. The van der Waals surface area contributed by atoms with Crippen molar-refractivity contribution in [1.82, 2.24) is 15.3 Å². The van der Waals surface area contributed by atoms with Crippen LogP contribution in [0.2, 0.25) is 0 Å². The van der Waals surface area contributed by atoms with Crippen LogP contribution in [-0.4, -0.2) is 36.6 Å². The van der Waals surface area contributed by atoms with E-state index in [2.05, 4.69) is 25.3 Å². The zero-order chi connectivity index (χ0) is 26.3. The molecule has 3 N–H and O–H groups in total. The molecule has 0 aliphatic carbocycles. The van der Waals surface area contributed by atoms with E-state index in [0.717, 1.165) is 34.3 Å². The Bertz CT molecular complexity index is 1460. The van der Waals surface area contributed by atoms with E-state index in [4.69, 9.17) is 0 Å². The first-order chi connectivity index (χ1) is 17.7. The van der Waals surface area contributed by atoms with Crippen molar-refractivity contribution in [1.29, 1.82) is 0 Å². The normalized spacial score (nSPS) is 12.1. The van der Waals surface area contributed by atoms with Crippen molar-refractivity contribution in [2.24, 2.45) is 0 Å². The Hall–Kier alpha value is -4.08. The van der Waals surface area contributed by atoms with E-state index in [1.54, 1.807) is 24.5 Å². The van der Waals surface area contributed by atoms with Gasteiger partial charge in [-0.2, -0.15) is 0 Å². The molecule has 1 unspecified atom stereocenters. The molecule has 1 atom stereocenters. The molecular formula is C28H29N5O3S. The zero-order valence-electron chi connectivity index (χ0n) is 20.7. The molecule has 0 fully saturated rings. The van der Waals surface area contributed by atoms with Gasteiger partial charge in [0.15, 0.2) is 0 Å². The molecule has 4 rings (SSSR count). The third-order valence-corrected chi connectivity index (χ3v) is 6.20. The SMILES string of the molecule is Cc1cc(-c2cc(NC(=O)C(Cc3ccccc3)NCc3ccccn3)cc(NS(C)(=O)=O)c2)ccn1. The van der Waals surface area contributed by atoms with E-state index in [-0.39, 0.29) is 5.91 Å². The summed E-state index contributed by atoms with van der Waals surface area (Å²) >= 11 is 0. The largest absolute Gasteiger partial charge is 0.325 e. The van der Waals surface area contributed by atoms with Gasteiger partial charge in [-0.3, -0.25) is 24.8 Å². The van der Waals surface area contributed by atoms with Crippen LogP contribution in [0.3, 0.4) is 0 Å². The van der Waals surface area contributed by atoms with Crippen molar-refractivity contribution in [2.45, 2.75) is 25.9 Å².